The second kappa shape index (κ2) is 6.87. The highest BCUT2D eigenvalue weighted by atomic mass is 32.2. The minimum absolute atomic E-state index is 0.0418. The second-order valence-electron chi connectivity index (χ2n) is 4.99. The van der Waals surface area contributed by atoms with Gasteiger partial charge in [-0.15, -0.1) is 5.10 Å². The smallest absolute Gasteiger partial charge is 0.362 e. The van der Waals surface area contributed by atoms with E-state index in [9.17, 15) is 13.2 Å². The predicted molar refractivity (Wildman–Crippen MR) is 86.7 cm³/mol. The van der Waals surface area contributed by atoms with Gasteiger partial charge in [0, 0.05) is 7.05 Å². The van der Waals surface area contributed by atoms with Gasteiger partial charge in [-0.3, -0.25) is 4.31 Å². The molecule has 0 unspecified atom stereocenters. The van der Waals surface area contributed by atoms with Crippen LogP contribution in [0.4, 0.5) is 5.82 Å². The van der Waals surface area contributed by atoms with Gasteiger partial charge in [0.05, 0.1) is 27.0 Å². The van der Waals surface area contributed by atoms with Gasteiger partial charge in [0.25, 0.3) is 0 Å². The number of ether oxygens (including phenoxy) is 2. The minimum Gasteiger partial charge on any atom is -0.497 e. The Morgan fingerprint density at radius 2 is 1.88 bits per heavy atom. The van der Waals surface area contributed by atoms with Gasteiger partial charge in [-0.05, 0) is 17.7 Å². The maximum absolute atomic E-state index is 11.9. The number of esters is 1. The Morgan fingerprint density at radius 1 is 1.25 bits per heavy atom. The van der Waals surface area contributed by atoms with Gasteiger partial charge in [0.15, 0.2) is 5.82 Å². The molecule has 1 aromatic heterocycles. The first-order valence-corrected chi connectivity index (χ1v) is 8.71. The molecule has 0 saturated heterocycles. The van der Waals surface area contributed by atoms with E-state index in [2.05, 4.69) is 15.0 Å². The van der Waals surface area contributed by atoms with Gasteiger partial charge in [-0.25, -0.2) is 17.9 Å². The molecule has 130 valence electrons. The molecule has 0 N–H and O–H groups in total. The molecule has 0 radical (unpaired) electrons. The van der Waals surface area contributed by atoms with Crippen LogP contribution in [0.2, 0.25) is 0 Å². The molecule has 1 aromatic carbocycles. The van der Waals surface area contributed by atoms with Crippen LogP contribution in [0.3, 0.4) is 0 Å². The van der Waals surface area contributed by atoms with E-state index in [1.165, 1.54) is 18.8 Å². The molecular formula is C14H18N4O5S. The van der Waals surface area contributed by atoms with E-state index in [1.807, 2.05) is 12.1 Å². The van der Waals surface area contributed by atoms with Crippen LogP contribution in [0.15, 0.2) is 24.3 Å². The number of carbonyl (C=O) groups is 1. The highest BCUT2D eigenvalue weighted by Crippen LogP contribution is 2.22. The highest BCUT2D eigenvalue weighted by molar-refractivity contribution is 7.92. The zero-order chi connectivity index (χ0) is 17.9. The molecular weight excluding hydrogens is 336 g/mol. The zero-order valence-electron chi connectivity index (χ0n) is 13.8. The predicted octanol–water partition coefficient (Wildman–Crippen LogP) is 0.517. The van der Waals surface area contributed by atoms with Crippen molar-refractivity contribution in [2.45, 2.75) is 6.54 Å². The summed E-state index contributed by atoms with van der Waals surface area (Å²) in [6.45, 7) is 0.225. The van der Waals surface area contributed by atoms with E-state index in [0.717, 1.165) is 16.1 Å². The Balaban J connectivity index is 2.45. The van der Waals surface area contributed by atoms with Crippen LogP contribution in [-0.4, -0.2) is 56.9 Å². The maximum Gasteiger partial charge on any atom is 0.362 e. The van der Waals surface area contributed by atoms with Gasteiger partial charge in [-0.2, -0.15) is 0 Å². The third-order valence-electron chi connectivity index (χ3n) is 3.37. The van der Waals surface area contributed by atoms with E-state index < -0.39 is 16.0 Å². The summed E-state index contributed by atoms with van der Waals surface area (Å²) in [5.74, 6) is -0.0253. The number of aromatic nitrogens is 3. The lowest BCUT2D eigenvalue weighted by Crippen LogP contribution is -2.29. The fourth-order valence-electron chi connectivity index (χ4n) is 2.02. The van der Waals surface area contributed by atoms with E-state index in [1.54, 1.807) is 19.2 Å². The lowest BCUT2D eigenvalue weighted by atomic mass is 10.2. The molecule has 0 atom stereocenters. The fourth-order valence-corrected chi connectivity index (χ4v) is 2.51. The lowest BCUT2D eigenvalue weighted by Gasteiger charge is -2.18. The number of benzene rings is 1. The fraction of sp³-hybridized carbons (Fsp3) is 0.357. The molecule has 10 heteroatoms. The molecule has 9 nitrogen and oxygen atoms in total. The summed E-state index contributed by atoms with van der Waals surface area (Å²) in [5.41, 5.74) is 0.666. The maximum atomic E-state index is 11.9. The van der Waals surface area contributed by atoms with Crippen molar-refractivity contribution in [2.75, 3.05) is 31.8 Å². The van der Waals surface area contributed by atoms with Crippen LogP contribution in [0.25, 0.3) is 0 Å². The number of anilines is 1. The molecule has 0 saturated carbocycles. The van der Waals surface area contributed by atoms with Crippen LogP contribution in [0, 0.1) is 0 Å². The SMILES string of the molecule is COC(=O)c1nnn(Cc2ccc(OC)cc2)c1N(C)S(C)(=O)=O. The number of rotatable bonds is 6. The summed E-state index contributed by atoms with van der Waals surface area (Å²) < 4.78 is 35.7. The first kappa shape index (κ1) is 17.7. The largest absolute Gasteiger partial charge is 0.497 e. The molecule has 0 amide bonds. The molecule has 0 aliphatic carbocycles. The molecule has 0 fully saturated rings. The molecule has 2 rings (SSSR count). The molecule has 0 aliphatic heterocycles. The minimum atomic E-state index is -3.61. The average molecular weight is 354 g/mol. The zero-order valence-corrected chi connectivity index (χ0v) is 14.6. The first-order chi connectivity index (χ1) is 11.3. The summed E-state index contributed by atoms with van der Waals surface area (Å²) in [6.07, 6.45) is 1.03. The standard InChI is InChI=1S/C14H18N4O5S/c1-17(24(4,20)21)13-12(14(19)23-3)15-16-18(13)9-10-5-7-11(22-2)8-6-10/h5-8H,9H2,1-4H3. The van der Waals surface area contributed by atoms with Crippen LogP contribution in [-0.2, 0) is 21.3 Å². The Labute approximate surface area is 139 Å². The Kier molecular flexibility index (Phi) is 5.07. The van der Waals surface area contributed by atoms with E-state index >= 15 is 0 Å². The van der Waals surface area contributed by atoms with Crippen molar-refractivity contribution in [3.05, 3.63) is 35.5 Å². The number of hydrogen-bond acceptors (Lipinski definition) is 7. The summed E-state index contributed by atoms with van der Waals surface area (Å²) >= 11 is 0. The number of nitrogens with zero attached hydrogens (tertiary/aromatic N) is 4. The molecule has 0 spiro atoms. The Bertz CT molecular complexity index is 829. The monoisotopic (exact) mass is 354 g/mol. The van der Waals surface area contributed by atoms with Crippen LogP contribution < -0.4 is 9.04 Å². The quantitative estimate of drug-likeness (QED) is 0.697. The lowest BCUT2D eigenvalue weighted by molar-refractivity contribution is 0.0595. The topological polar surface area (TPSA) is 104 Å². The van der Waals surface area contributed by atoms with Crippen molar-refractivity contribution >= 4 is 21.8 Å². The number of hydrogen-bond donors (Lipinski definition) is 0. The van der Waals surface area contributed by atoms with Crippen molar-refractivity contribution in [2.24, 2.45) is 0 Å². The number of methoxy groups -OCH3 is 2. The third kappa shape index (κ3) is 3.65. The van der Waals surface area contributed by atoms with Crippen molar-refractivity contribution < 1.29 is 22.7 Å². The Morgan fingerprint density at radius 3 is 2.38 bits per heavy atom. The van der Waals surface area contributed by atoms with Crippen molar-refractivity contribution in [1.29, 1.82) is 0 Å². The number of sulfonamides is 1. The van der Waals surface area contributed by atoms with Gasteiger partial charge in [0.2, 0.25) is 15.7 Å². The summed E-state index contributed by atoms with van der Waals surface area (Å²) in [7, 11) is 0.467. The van der Waals surface area contributed by atoms with Gasteiger partial charge >= 0.3 is 5.97 Å². The van der Waals surface area contributed by atoms with Crippen molar-refractivity contribution in [3.63, 3.8) is 0 Å². The normalized spacial score (nSPS) is 11.2. The highest BCUT2D eigenvalue weighted by Gasteiger charge is 2.27. The van der Waals surface area contributed by atoms with E-state index in [-0.39, 0.29) is 18.1 Å². The van der Waals surface area contributed by atoms with Crippen LogP contribution in [0.5, 0.6) is 5.75 Å². The average Bonchev–Trinajstić information content (AvgIpc) is 2.96. The van der Waals surface area contributed by atoms with Crippen LogP contribution >= 0.6 is 0 Å². The molecule has 0 bridgehead atoms. The Hall–Kier alpha value is -2.62. The molecule has 2 aromatic rings. The van der Waals surface area contributed by atoms with E-state index in [0.29, 0.717) is 5.75 Å². The van der Waals surface area contributed by atoms with E-state index in [4.69, 9.17) is 4.74 Å². The second-order valence-corrected chi connectivity index (χ2v) is 7.00. The molecule has 24 heavy (non-hydrogen) atoms. The summed E-state index contributed by atoms with van der Waals surface area (Å²) in [4.78, 5) is 11.8. The van der Waals surface area contributed by atoms with Gasteiger partial charge in [-0.1, -0.05) is 17.3 Å². The number of carbonyl (C=O) groups excluding carboxylic acids is 1. The summed E-state index contributed by atoms with van der Waals surface area (Å²) in [5, 5.41) is 7.65. The first-order valence-electron chi connectivity index (χ1n) is 6.86. The third-order valence-corrected chi connectivity index (χ3v) is 4.54. The summed E-state index contributed by atoms with van der Waals surface area (Å²) in [6, 6.07) is 7.16. The van der Waals surface area contributed by atoms with Crippen molar-refractivity contribution in [1.82, 2.24) is 15.0 Å². The van der Waals surface area contributed by atoms with Crippen LogP contribution in [0.1, 0.15) is 16.1 Å². The molecule has 0 aliphatic rings. The van der Waals surface area contributed by atoms with Crippen molar-refractivity contribution in [3.8, 4) is 5.75 Å². The molecule has 1 heterocycles. The van der Waals surface area contributed by atoms with Gasteiger partial charge in [0.1, 0.15) is 5.75 Å². The van der Waals surface area contributed by atoms with Gasteiger partial charge < -0.3 is 9.47 Å².